The van der Waals surface area contributed by atoms with Gasteiger partial charge in [-0.2, -0.15) is 0 Å². The van der Waals surface area contributed by atoms with Gasteiger partial charge in [-0.05, 0) is 44.8 Å². The van der Waals surface area contributed by atoms with Crippen LogP contribution in [0.2, 0.25) is 0 Å². The monoisotopic (exact) mass is 534 g/mol. The van der Waals surface area contributed by atoms with Crippen molar-refractivity contribution in [2.45, 2.75) is 0 Å². The Kier molecular flexibility index (Phi) is 4.21. The van der Waals surface area contributed by atoms with E-state index >= 15 is 0 Å². The van der Waals surface area contributed by atoms with E-state index < -0.39 is 0 Å². The number of fused-ring (bicyclic) bond motifs is 6. The van der Waals surface area contributed by atoms with Gasteiger partial charge in [-0.15, -0.1) is 0 Å². The Labute approximate surface area is 240 Å². The van der Waals surface area contributed by atoms with Crippen LogP contribution in [0.25, 0.3) is 98.8 Å². The van der Waals surface area contributed by atoms with E-state index in [4.69, 9.17) is 8.83 Å². The fourth-order valence-corrected chi connectivity index (χ4v) is 7.23. The van der Waals surface area contributed by atoms with Gasteiger partial charge in [0.25, 0.3) is 0 Å². The van der Waals surface area contributed by atoms with Crippen LogP contribution in [0, 0.1) is 0 Å². The van der Waals surface area contributed by atoms with Gasteiger partial charge >= 0.3 is 0 Å². The highest BCUT2D eigenvalue weighted by Crippen LogP contribution is 2.55. The summed E-state index contributed by atoms with van der Waals surface area (Å²) in [7, 11) is 0. The average Bonchev–Trinajstić information content (AvgIpc) is 3.07. The van der Waals surface area contributed by atoms with E-state index in [0.717, 1.165) is 88.0 Å². The molecule has 0 atom stereocenters. The lowest BCUT2D eigenvalue weighted by Gasteiger charge is -2.24. The number of hydrogen-bond acceptors (Lipinski definition) is 2. The van der Waals surface area contributed by atoms with Crippen LogP contribution in [-0.4, -0.2) is 0 Å². The fourth-order valence-electron chi connectivity index (χ4n) is 7.23. The molecule has 0 saturated carbocycles. The molecule has 0 unspecified atom stereocenters. The molecule has 2 heteroatoms. The molecule has 0 aliphatic carbocycles. The summed E-state index contributed by atoms with van der Waals surface area (Å²) in [5.41, 5.74) is 10.3. The molecule has 2 aliphatic heterocycles. The normalized spacial score (nSPS) is 12.3. The molecule has 0 amide bonds. The van der Waals surface area contributed by atoms with Crippen LogP contribution in [0.1, 0.15) is 0 Å². The maximum absolute atomic E-state index is 7.18. The summed E-state index contributed by atoms with van der Waals surface area (Å²) in [6, 6.07) is 47.2. The lowest BCUT2D eigenvalue weighted by molar-refractivity contribution is 0.652. The molecule has 2 nitrogen and oxygen atoms in total. The van der Waals surface area contributed by atoms with Crippen molar-refractivity contribution in [1.29, 1.82) is 0 Å². The van der Waals surface area contributed by atoms with E-state index in [0.29, 0.717) is 0 Å². The van der Waals surface area contributed by atoms with Crippen molar-refractivity contribution < 1.29 is 8.83 Å². The Balaban J connectivity index is 1.56. The van der Waals surface area contributed by atoms with Gasteiger partial charge in [-0.3, -0.25) is 0 Å². The molecular formula is C40H22O2. The van der Waals surface area contributed by atoms with Gasteiger partial charge < -0.3 is 8.83 Å². The van der Waals surface area contributed by atoms with Crippen LogP contribution in [0.5, 0.6) is 0 Å². The Morgan fingerprint density at radius 1 is 0.286 bits per heavy atom. The van der Waals surface area contributed by atoms with Gasteiger partial charge in [-0.1, -0.05) is 121 Å². The van der Waals surface area contributed by atoms with Crippen LogP contribution in [0.15, 0.2) is 142 Å². The van der Waals surface area contributed by atoms with E-state index in [2.05, 4.69) is 133 Å². The summed E-state index contributed by atoms with van der Waals surface area (Å²) in [6.45, 7) is 0. The first-order chi connectivity index (χ1) is 20.9. The second-order valence-corrected chi connectivity index (χ2v) is 11.2. The highest BCUT2D eigenvalue weighted by Gasteiger charge is 2.30. The third-order valence-corrected chi connectivity index (χ3v) is 9.02. The Morgan fingerprint density at radius 2 is 0.667 bits per heavy atom. The van der Waals surface area contributed by atoms with Crippen molar-refractivity contribution in [2.24, 2.45) is 0 Å². The van der Waals surface area contributed by atoms with Crippen molar-refractivity contribution in [1.82, 2.24) is 0 Å². The minimum Gasteiger partial charge on any atom is -0.455 e. The zero-order valence-corrected chi connectivity index (χ0v) is 22.5. The quantitative estimate of drug-likeness (QED) is 0.163. The highest BCUT2D eigenvalue weighted by molar-refractivity contribution is 6.36. The summed E-state index contributed by atoms with van der Waals surface area (Å²) in [5.74, 6) is 0. The Hall–Kier alpha value is -5.60. The summed E-state index contributed by atoms with van der Waals surface area (Å²) < 4.78 is 14.4. The number of hydrogen-bond donors (Lipinski definition) is 0. The molecule has 10 rings (SSSR count). The number of benzene rings is 8. The van der Waals surface area contributed by atoms with Crippen LogP contribution >= 0.6 is 0 Å². The van der Waals surface area contributed by atoms with Crippen molar-refractivity contribution >= 4 is 65.4 Å². The van der Waals surface area contributed by atoms with Gasteiger partial charge in [0.15, 0.2) is 0 Å². The minimum atomic E-state index is 0.893. The minimum absolute atomic E-state index is 0.893. The molecule has 0 bridgehead atoms. The molecule has 0 radical (unpaired) electrons. The maximum atomic E-state index is 7.18. The molecule has 2 aliphatic rings. The molecule has 8 aromatic rings. The lowest BCUT2D eigenvalue weighted by Crippen LogP contribution is -1.99. The first-order valence-electron chi connectivity index (χ1n) is 14.4. The van der Waals surface area contributed by atoms with Gasteiger partial charge in [0.1, 0.15) is 22.3 Å². The van der Waals surface area contributed by atoms with Crippen molar-refractivity contribution in [3.8, 4) is 33.4 Å². The zero-order chi connectivity index (χ0) is 27.4. The molecule has 194 valence electrons. The molecule has 0 fully saturated rings. The molecule has 0 spiro atoms. The van der Waals surface area contributed by atoms with Crippen LogP contribution in [0.4, 0.5) is 0 Å². The van der Waals surface area contributed by atoms with Crippen molar-refractivity contribution in [3.05, 3.63) is 133 Å². The second-order valence-electron chi connectivity index (χ2n) is 11.2. The van der Waals surface area contributed by atoms with Crippen LogP contribution in [-0.2, 0) is 0 Å². The van der Waals surface area contributed by atoms with Crippen LogP contribution < -0.4 is 0 Å². The van der Waals surface area contributed by atoms with Gasteiger partial charge in [0.2, 0.25) is 0 Å². The van der Waals surface area contributed by atoms with E-state index in [1.807, 2.05) is 0 Å². The predicted octanol–water partition coefficient (Wildman–Crippen LogP) is 11.7. The molecular weight excluding hydrogens is 512 g/mol. The Bertz CT molecular complexity index is 2420. The van der Waals surface area contributed by atoms with E-state index in [1.54, 1.807) is 0 Å². The second kappa shape index (κ2) is 7.99. The van der Waals surface area contributed by atoms with Gasteiger partial charge in [0.05, 0.1) is 0 Å². The van der Waals surface area contributed by atoms with Crippen molar-refractivity contribution in [2.75, 3.05) is 0 Å². The summed E-state index contributed by atoms with van der Waals surface area (Å²) in [6.07, 6.45) is 0. The SMILES string of the molecule is c1ccc(-c2ccc3c4ccccc4c4oc5c(-c6ccccc6)ccc6c7ccccc7c7oc2c3c4-c7c56)cc1. The predicted molar refractivity (Wildman–Crippen MR) is 175 cm³/mol. The maximum Gasteiger partial charge on any atom is 0.144 e. The molecule has 0 saturated heterocycles. The summed E-state index contributed by atoms with van der Waals surface area (Å²) in [4.78, 5) is 0. The van der Waals surface area contributed by atoms with Crippen LogP contribution in [0.3, 0.4) is 0 Å². The molecule has 0 aromatic heterocycles. The topological polar surface area (TPSA) is 26.3 Å². The van der Waals surface area contributed by atoms with E-state index in [9.17, 15) is 0 Å². The first-order valence-corrected chi connectivity index (χ1v) is 14.4. The standard InChI is InChI=1S/C40H22O2/c1-3-11-23(12-4-1)25-19-21-29-27-15-7-10-18-32(27)40-35-33(29)37(25)41-39-31-17-9-8-16-28(31)30-22-20-26(24-13-5-2-6-14-24)38(42-40)34(30)36(35)39/h1-22H. The van der Waals surface area contributed by atoms with E-state index in [-0.39, 0.29) is 0 Å². The summed E-state index contributed by atoms with van der Waals surface area (Å²) in [5, 5.41) is 9.14. The van der Waals surface area contributed by atoms with E-state index in [1.165, 1.54) is 10.8 Å². The van der Waals surface area contributed by atoms with Crippen molar-refractivity contribution in [3.63, 3.8) is 0 Å². The smallest absolute Gasteiger partial charge is 0.144 e. The molecule has 8 aromatic carbocycles. The average molecular weight is 535 g/mol. The number of rotatable bonds is 2. The largest absolute Gasteiger partial charge is 0.455 e. The first kappa shape index (κ1) is 22.1. The lowest BCUT2D eigenvalue weighted by atomic mass is 9.83. The highest BCUT2D eigenvalue weighted by atomic mass is 16.3. The molecule has 42 heavy (non-hydrogen) atoms. The third kappa shape index (κ3) is 2.74. The van der Waals surface area contributed by atoms with Gasteiger partial charge in [0, 0.05) is 43.8 Å². The molecule has 2 heterocycles. The van der Waals surface area contributed by atoms with Gasteiger partial charge in [-0.25, -0.2) is 0 Å². The Morgan fingerprint density at radius 3 is 1.10 bits per heavy atom. The zero-order valence-electron chi connectivity index (χ0n) is 22.5. The summed E-state index contributed by atoms with van der Waals surface area (Å²) >= 11 is 0. The molecule has 0 N–H and O–H groups in total. The third-order valence-electron chi connectivity index (χ3n) is 9.02. The fraction of sp³-hybridized carbons (Fsp3) is 0.